The molecule has 0 saturated carbocycles. The quantitative estimate of drug-likeness (QED) is 0.884. The van der Waals surface area contributed by atoms with Crippen LogP contribution in [0.5, 0.6) is 0 Å². The Kier molecular flexibility index (Phi) is 8.88. The van der Waals surface area contributed by atoms with Gasteiger partial charge in [0.2, 0.25) is 5.91 Å². The van der Waals surface area contributed by atoms with Crippen molar-refractivity contribution < 1.29 is 4.79 Å². The summed E-state index contributed by atoms with van der Waals surface area (Å²) < 4.78 is 0. The summed E-state index contributed by atoms with van der Waals surface area (Å²) in [5, 5.41) is 3.39. The van der Waals surface area contributed by atoms with Crippen LogP contribution in [0.3, 0.4) is 0 Å². The van der Waals surface area contributed by atoms with Gasteiger partial charge in [0.05, 0.1) is 0 Å². The van der Waals surface area contributed by atoms with E-state index in [-0.39, 0.29) is 30.7 Å². The second kappa shape index (κ2) is 10.1. The summed E-state index contributed by atoms with van der Waals surface area (Å²) >= 11 is 0. The molecule has 0 radical (unpaired) electrons. The number of benzene rings is 1. The van der Waals surface area contributed by atoms with Gasteiger partial charge in [-0.15, -0.1) is 24.8 Å². The van der Waals surface area contributed by atoms with Crippen molar-refractivity contribution in [3.05, 3.63) is 29.8 Å². The first-order chi connectivity index (χ1) is 10.7. The predicted molar refractivity (Wildman–Crippen MR) is 105 cm³/mol. The fraction of sp³-hybridized carbons (Fsp3) is 0.611. The van der Waals surface area contributed by atoms with Gasteiger partial charge in [0, 0.05) is 51.9 Å². The molecule has 2 heterocycles. The summed E-state index contributed by atoms with van der Waals surface area (Å²) in [7, 11) is 0. The van der Waals surface area contributed by atoms with Crippen LogP contribution in [0.1, 0.15) is 25.3 Å². The van der Waals surface area contributed by atoms with E-state index in [0.29, 0.717) is 0 Å². The Bertz CT molecular complexity index is 495. The van der Waals surface area contributed by atoms with Gasteiger partial charge in [-0.2, -0.15) is 0 Å². The van der Waals surface area contributed by atoms with Gasteiger partial charge in [-0.05, 0) is 42.9 Å². The highest BCUT2D eigenvalue weighted by atomic mass is 35.5. The molecule has 1 amide bonds. The van der Waals surface area contributed by atoms with Crippen LogP contribution in [0.25, 0.3) is 0 Å². The van der Waals surface area contributed by atoms with Crippen LogP contribution in [0.4, 0.5) is 5.69 Å². The molecule has 1 N–H and O–H groups in total. The topological polar surface area (TPSA) is 35.6 Å². The van der Waals surface area contributed by atoms with Crippen molar-refractivity contribution >= 4 is 36.4 Å². The maximum Gasteiger partial charge on any atom is 0.219 e. The Hall–Kier alpha value is -0.970. The van der Waals surface area contributed by atoms with Crippen molar-refractivity contribution in [2.75, 3.05) is 44.2 Å². The Morgan fingerprint density at radius 2 is 1.62 bits per heavy atom. The number of nitrogens with one attached hydrogen (secondary N) is 1. The highest BCUT2D eigenvalue weighted by Gasteiger charge is 2.20. The molecule has 6 heteroatoms. The summed E-state index contributed by atoms with van der Waals surface area (Å²) in [4.78, 5) is 15.8. The number of carbonyl (C=O) groups is 1. The van der Waals surface area contributed by atoms with Crippen LogP contribution in [-0.2, 0) is 11.2 Å². The van der Waals surface area contributed by atoms with Crippen LogP contribution in [0.2, 0.25) is 0 Å². The Morgan fingerprint density at radius 1 is 1.04 bits per heavy atom. The van der Waals surface area contributed by atoms with E-state index in [2.05, 4.69) is 34.5 Å². The number of likely N-dealkylation sites (tertiary alicyclic amines) is 1. The molecule has 0 aromatic heterocycles. The molecule has 0 aliphatic carbocycles. The van der Waals surface area contributed by atoms with Crippen LogP contribution < -0.4 is 10.2 Å². The van der Waals surface area contributed by atoms with Crippen LogP contribution >= 0.6 is 24.8 Å². The van der Waals surface area contributed by atoms with Gasteiger partial charge in [-0.1, -0.05) is 12.1 Å². The molecule has 1 aromatic rings. The first kappa shape index (κ1) is 21.1. The molecule has 2 aliphatic rings. The number of hydrogen-bond acceptors (Lipinski definition) is 3. The third-order valence-corrected chi connectivity index (χ3v) is 5.00. The van der Waals surface area contributed by atoms with Crippen molar-refractivity contribution in [3.8, 4) is 0 Å². The molecule has 0 bridgehead atoms. The number of hydrogen-bond donors (Lipinski definition) is 1. The third kappa shape index (κ3) is 5.54. The normalized spacial score (nSPS) is 18.5. The molecule has 136 valence electrons. The number of nitrogens with zero attached hydrogens (tertiary/aromatic N) is 2. The lowest BCUT2D eigenvalue weighted by molar-refractivity contribution is -0.130. The zero-order valence-electron chi connectivity index (χ0n) is 14.4. The SMILES string of the molecule is CC(=O)N1CCC(Cc2ccc(N3CCNCC3)cc2)CC1.Cl.Cl. The summed E-state index contributed by atoms with van der Waals surface area (Å²) in [5.41, 5.74) is 2.77. The van der Waals surface area contributed by atoms with Crippen molar-refractivity contribution in [1.29, 1.82) is 0 Å². The number of piperazine rings is 1. The molecule has 2 fully saturated rings. The second-order valence-electron chi connectivity index (χ2n) is 6.56. The number of halogens is 2. The lowest BCUT2D eigenvalue weighted by atomic mass is 9.90. The summed E-state index contributed by atoms with van der Waals surface area (Å²) in [5.74, 6) is 0.944. The van der Waals surface area contributed by atoms with E-state index in [1.54, 1.807) is 6.92 Å². The number of carbonyl (C=O) groups excluding carboxylic acids is 1. The number of piperidine rings is 1. The minimum absolute atomic E-state index is 0. The Morgan fingerprint density at radius 3 is 2.17 bits per heavy atom. The van der Waals surface area contributed by atoms with Crippen LogP contribution in [0.15, 0.2) is 24.3 Å². The van der Waals surface area contributed by atoms with Gasteiger partial charge in [-0.3, -0.25) is 4.79 Å². The lowest BCUT2D eigenvalue weighted by Crippen LogP contribution is -2.43. The van der Waals surface area contributed by atoms with E-state index in [1.807, 2.05) is 4.90 Å². The van der Waals surface area contributed by atoms with Gasteiger partial charge in [-0.25, -0.2) is 0 Å². The van der Waals surface area contributed by atoms with Crippen molar-refractivity contribution in [1.82, 2.24) is 10.2 Å². The summed E-state index contributed by atoms with van der Waals surface area (Å²) in [6.45, 7) is 7.89. The van der Waals surface area contributed by atoms with Crippen molar-refractivity contribution in [2.45, 2.75) is 26.2 Å². The molecule has 0 atom stereocenters. The lowest BCUT2D eigenvalue weighted by Gasteiger charge is -2.31. The third-order valence-electron chi connectivity index (χ3n) is 5.00. The smallest absolute Gasteiger partial charge is 0.219 e. The largest absolute Gasteiger partial charge is 0.369 e. The molecule has 24 heavy (non-hydrogen) atoms. The van der Waals surface area contributed by atoms with Gasteiger partial charge in [0.15, 0.2) is 0 Å². The molecular weight excluding hydrogens is 345 g/mol. The van der Waals surface area contributed by atoms with Crippen LogP contribution in [0, 0.1) is 5.92 Å². The maximum atomic E-state index is 11.4. The van der Waals surface area contributed by atoms with E-state index in [0.717, 1.165) is 64.4 Å². The fourth-order valence-electron chi connectivity index (χ4n) is 3.55. The van der Waals surface area contributed by atoms with Crippen molar-refractivity contribution in [2.24, 2.45) is 5.92 Å². The highest BCUT2D eigenvalue weighted by Crippen LogP contribution is 2.23. The minimum Gasteiger partial charge on any atom is -0.369 e. The first-order valence-electron chi connectivity index (χ1n) is 8.52. The number of rotatable bonds is 3. The molecule has 2 aliphatic heterocycles. The molecule has 3 rings (SSSR count). The van der Waals surface area contributed by atoms with Crippen LogP contribution in [-0.4, -0.2) is 50.1 Å². The maximum absolute atomic E-state index is 11.4. The molecule has 0 spiro atoms. The zero-order valence-corrected chi connectivity index (χ0v) is 16.0. The molecule has 2 saturated heterocycles. The molecule has 1 aromatic carbocycles. The van der Waals surface area contributed by atoms with Gasteiger partial charge >= 0.3 is 0 Å². The van der Waals surface area contributed by atoms with E-state index in [1.165, 1.54) is 11.3 Å². The van der Waals surface area contributed by atoms with Gasteiger partial charge in [0.25, 0.3) is 0 Å². The molecule has 4 nitrogen and oxygen atoms in total. The van der Waals surface area contributed by atoms with Gasteiger partial charge in [0.1, 0.15) is 0 Å². The Labute approximate surface area is 157 Å². The Balaban J connectivity index is 0.00000144. The molecule has 0 unspecified atom stereocenters. The standard InChI is InChI=1S/C18H27N3O.2ClH/c1-15(22)20-10-6-17(7-11-20)14-16-2-4-18(5-3-16)21-12-8-19-9-13-21;;/h2-5,17,19H,6-14H2,1H3;2*1H. The van der Waals surface area contributed by atoms with E-state index in [9.17, 15) is 4.79 Å². The zero-order chi connectivity index (χ0) is 15.4. The number of amides is 1. The minimum atomic E-state index is 0. The fourth-order valence-corrected chi connectivity index (χ4v) is 3.55. The summed E-state index contributed by atoms with van der Waals surface area (Å²) in [6, 6.07) is 9.11. The predicted octanol–water partition coefficient (Wildman–Crippen LogP) is 2.74. The van der Waals surface area contributed by atoms with Crippen molar-refractivity contribution in [3.63, 3.8) is 0 Å². The summed E-state index contributed by atoms with van der Waals surface area (Å²) in [6.07, 6.45) is 3.42. The second-order valence-corrected chi connectivity index (χ2v) is 6.56. The highest BCUT2D eigenvalue weighted by molar-refractivity contribution is 5.85. The number of anilines is 1. The average Bonchev–Trinajstić information content (AvgIpc) is 2.57. The average molecular weight is 374 g/mol. The first-order valence-corrected chi connectivity index (χ1v) is 8.52. The van der Waals surface area contributed by atoms with E-state index >= 15 is 0 Å². The van der Waals surface area contributed by atoms with E-state index < -0.39 is 0 Å². The monoisotopic (exact) mass is 373 g/mol. The molecular formula is C18H29Cl2N3O. The van der Waals surface area contributed by atoms with E-state index in [4.69, 9.17) is 0 Å². The van der Waals surface area contributed by atoms with Gasteiger partial charge < -0.3 is 15.1 Å².